The fourth-order valence-electron chi connectivity index (χ4n) is 5.65. The Morgan fingerprint density at radius 1 is 0.450 bits per heavy atom. The van der Waals surface area contributed by atoms with Crippen molar-refractivity contribution in [3.8, 4) is 39.6 Å². The van der Waals surface area contributed by atoms with Crippen molar-refractivity contribution in [3.05, 3.63) is 140 Å². The molecule has 2 heterocycles. The molecule has 0 bridgehead atoms. The average Bonchev–Trinajstić information content (AvgIpc) is 3.64. The van der Waals surface area contributed by atoms with E-state index in [-0.39, 0.29) is 0 Å². The minimum Gasteiger partial charge on any atom is -0.455 e. The third-order valence-electron chi connectivity index (χ3n) is 7.56. The maximum atomic E-state index is 6.30. The van der Waals surface area contributed by atoms with E-state index in [1.807, 2.05) is 30.3 Å². The number of furan rings is 1. The molecule has 0 saturated carbocycles. The van der Waals surface area contributed by atoms with Crippen LogP contribution >= 0.6 is 0 Å². The Morgan fingerprint density at radius 2 is 1.05 bits per heavy atom. The molecule has 8 rings (SSSR count). The van der Waals surface area contributed by atoms with E-state index in [1.165, 1.54) is 5.39 Å². The van der Waals surface area contributed by atoms with Crippen LogP contribution in [0.15, 0.2) is 144 Å². The molecule has 4 nitrogen and oxygen atoms in total. The largest absolute Gasteiger partial charge is 0.455 e. The minimum atomic E-state index is 0.795. The Morgan fingerprint density at radius 3 is 1.88 bits per heavy atom. The molecule has 40 heavy (non-hydrogen) atoms. The van der Waals surface area contributed by atoms with Crippen LogP contribution in [0, 0.1) is 0 Å². The van der Waals surface area contributed by atoms with E-state index >= 15 is 0 Å². The van der Waals surface area contributed by atoms with Gasteiger partial charge in [0.05, 0.1) is 5.69 Å². The van der Waals surface area contributed by atoms with Gasteiger partial charge >= 0.3 is 0 Å². The second kappa shape index (κ2) is 9.07. The Labute approximate surface area is 230 Å². The van der Waals surface area contributed by atoms with Crippen LogP contribution in [-0.2, 0) is 0 Å². The van der Waals surface area contributed by atoms with Crippen LogP contribution in [0.4, 0.5) is 0 Å². The normalized spacial score (nSPS) is 11.5. The minimum absolute atomic E-state index is 0.795. The summed E-state index contributed by atoms with van der Waals surface area (Å²) < 4.78 is 8.47. The Hall–Kier alpha value is -5.48. The van der Waals surface area contributed by atoms with Gasteiger partial charge in [-0.1, -0.05) is 127 Å². The van der Waals surface area contributed by atoms with E-state index in [0.717, 1.165) is 66.9 Å². The Balaban J connectivity index is 1.29. The van der Waals surface area contributed by atoms with Gasteiger partial charge in [0, 0.05) is 32.8 Å². The number of hydrogen-bond acceptors (Lipinski definition) is 3. The molecule has 0 aliphatic carbocycles. The fraction of sp³-hybridized carbons (Fsp3) is 0. The number of para-hydroxylation sites is 2. The molecule has 6 aromatic carbocycles. The molecule has 2 aromatic heterocycles. The molecule has 0 saturated heterocycles. The number of aromatic nitrogens is 3. The number of hydrogen-bond donors (Lipinski definition) is 0. The maximum absolute atomic E-state index is 6.30. The molecule has 188 valence electrons. The lowest BCUT2D eigenvalue weighted by Crippen LogP contribution is -2.01. The zero-order valence-electron chi connectivity index (χ0n) is 21.5. The van der Waals surface area contributed by atoms with Gasteiger partial charge in [-0.2, -0.15) is 0 Å². The molecule has 8 aromatic rings. The molecular formula is C36H23N3O. The van der Waals surface area contributed by atoms with Crippen molar-refractivity contribution in [2.45, 2.75) is 0 Å². The van der Waals surface area contributed by atoms with E-state index in [4.69, 9.17) is 9.52 Å². The molecule has 0 aliphatic rings. The molecular weight excluding hydrogens is 490 g/mol. The standard InChI is InChI=1S/C36H23N3O/c1-2-11-26(12-3-1)35-37-38-36(39(35)32-18-8-13-24-10-4-5-14-28(24)32)27-22-20-25(21-23-27)29-16-9-17-31-30-15-6-7-19-33(30)40-34(29)31/h1-23H. The van der Waals surface area contributed by atoms with Gasteiger partial charge < -0.3 is 4.42 Å². The van der Waals surface area contributed by atoms with Crippen LogP contribution in [0.2, 0.25) is 0 Å². The molecule has 0 N–H and O–H groups in total. The first-order valence-electron chi connectivity index (χ1n) is 13.4. The first-order chi connectivity index (χ1) is 19.8. The van der Waals surface area contributed by atoms with E-state index in [2.05, 4.69) is 119 Å². The highest BCUT2D eigenvalue weighted by atomic mass is 16.3. The molecule has 0 aliphatic heterocycles. The highest BCUT2D eigenvalue weighted by Gasteiger charge is 2.19. The Kier molecular flexibility index (Phi) is 5.10. The monoisotopic (exact) mass is 513 g/mol. The summed E-state index contributed by atoms with van der Waals surface area (Å²) in [5.41, 5.74) is 7.02. The second-order valence-corrected chi connectivity index (χ2v) is 9.90. The van der Waals surface area contributed by atoms with E-state index < -0.39 is 0 Å². The highest BCUT2D eigenvalue weighted by Crippen LogP contribution is 2.37. The first-order valence-corrected chi connectivity index (χ1v) is 13.4. The Bertz CT molecular complexity index is 2150. The van der Waals surface area contributed by atoms with Gasteiger partial charge in [0.15, 0.2) is 11.6 Å². The third kappa shape index (κ3) is 3.54. The summed E-state index contributed by atoms with van der Waals surface area (Å²) in [4.78, 5) is 0. The number of rotatable bonds is 4. The molecule has 0 amide bonds. The van der Waals surface area contributed by atoms with Gasteiger partial charge in [0.1, 0.15) is 11.2 Å². The van der Waals surface area contributed by atoms with Crippen molar-refractivity contribution < 1.29 is 4.42 Å². The summed E-state index contributed by atoms with van der Waals surface area (Å²) in [6, 6.07) is 48.1. The molecule has 0 spiro atoms. The lowest BCUT2D eigenvalue weighted by Gasteiger charge is -2.14. The van der Waals surface area contributed by atoms with Gasteiger partial charge in [-0.05, 0) is 23.1 Å². The number of benzene rings is 6. The molecule has 4 heteroatoms. The van der Waals surface area contributed by atoms with Crippen LogP contribution in [0.3, 0.4) is 0 Å². The number of fused-ring (bicyclic) bond motifs is 4. The third-order valence-corrected chi connectivity index (χ3v) is 7.56. The van der Waals surface area contributed by atoms with Gasteiger partial charge in [-0.15, -0.1) is 10.2 Å². The van der Waals surface area contributed by atoms with Crippen molar-refractivity contribution in [1.29, 1.82) is 0 Å². The lowest BCUT2D eigenvalue weighted by molar-refractivity contribution is 0.670. The van der Waals surface area contributed by atoms with Crippen molar-refractivity contribution in [2.75, 3.05) is 0 Å². The van der Waals surface area contributed by atoms with Crippen LogP contribution in [-0.4, -0.2) is 14.8 Å². The van der Waals surface area contributed by atoms with Crippen molar-refractivity contribution in [1.82, 2.24) is 14.8 Å². The van der Waals surface area contributed by atoms with Gasteiger partial charge in [0.2, 0.25) is 0 Å². The fourth-order valence-corrected chi connectivity index (χ4v) is 5.65. The summed E-state index contributed by atoms with van der Waals surface area (Å²) >= 11 is 0. The van der Waals surface area contributed by atoms with Gasteiger partial charge in [-0.3, -0.25) is 4.57 Å². The molecule has 0 atom stereocenters. The molecule has 0 unspecified atom stereocenters. The maximum Gasteiger partial charge on any atom is 0.168 e. The van der Waals surface area contributed by atoms with E-state index in [1.54, 1.807) is 0 Å². The SMILES string of the molecule is c1ccc(-c2nnc(-c3ccc(-c4cccc5c4oc4ccccc45)cc3)n2-c2cccc3ccccc23)cc1. The van der Waals surface area contributed by atoms with E-state index in [9.17, 15) is 0 Å². The topological polar surface area (TPSA) is 43.9 Å². The van der Waals surface area contributed by atoms with Crippen LogP contribution in [0.1, 0.15) is 0 Å². The van der Waals surface area contributed by atoms with Crippen molar-refractivity contribution >= 4 is 32.7 Å². The van der Waals surface area contributed by atoms with Crippen LogP contribution in [0.5, 0.6) is 0 Å². The van der Waals surface area contributed by atoms with Crippen LogP contribution in [0.25, 0.3) is 72.3 Å². The van der Waals surface area contributed by atoms with E-state index in [0.29, 0.717) is 0 Å². The summed E-state index contributed by atoms with van der Waals surface area (Å²) in [5.74, 6) is 1.60. The van der Waals surface area contributed by atoms with Crippen LogP contribution < -0.4 is 0 Å². The van der Waals surface area contributed by atoms with Crippen molar-refractivity contribution in [2.24, 2.45) is 0 Å². The summed E-state index contributed by atoms with van der Waals surface area (Å²) in [6.07, 6.45) is 0. The lowest BCUT2D eigenvalue weighted by atomic mass is 10.0. The first kappa shape index (κ1) is 22.5. The average molecular weight is 514 g/mol. The molecule has 0 radical (unpaired) electrons. The summed E-state index contributed by atoms with van der Waals surface area (Å²) in [5, 5.41) is 14.0. The second-order valence-electron chi connectivity index (χ2n) is 9.90. The summed E-state index contributed by atoms with van der Waals surface area (Å²) in [6.45, 7) is 0. The van der Waals surface area contributed by atoms with Crippen molar-refractivity contribution in [3.63, 3.8) is 0 Å². The molecule has 0 fully saturated rings. The van der Waals surface area contributed by atoms with Gasteiger partial charge in [-0.25, -0.2) is 0 Å². The predicted molar refractivity (Wildman–Crippen MR) is 162 cm³/mol. The summed E-state index contributed by atoms with van der Waals surface area (Å²) in [7, 11) is 0. The van der Waals surface area contributed by atoms with Gasteiger partial charge in [0.25, 0.3) is 0 Å². The predicted octanol–water partition coefficient (Wildman–Crippen LogP) is 9.32. The smallest absolute Gasteiger partial charge is 0.168 e. The number of nitrogens with zero attached hydrogens (tertiary/aromatic N) is 3. The quantitative estimate of drug-likeness (QED) is 0.235. The zero-order valence-corrected chi connectivity index (χ0v) is 21.5. The zero-order chi connectivity index (χ0) is 26.5. The highest BCUT2D eigenvalue weighted by molar-refractivity contribution is 6.09.